The van der Waals surface area contributed by atoms with Crippen LogP contribution < -0.4 is 4.74 Å². The van der Waals surface area contributed by atoms with Gasteiger partial charge in [-0.2, -0.15) is 0 Å². The van der Waals surface area contributed by atoms with Gasteiger partial charge in [0, 0.05) is 5.56 Å². The Bertz CT molecular complexity index is 715. The van der Waals surface area contributed by atoms with Gasteiger partial charge in [-0.1, -0.05) is 48.5 Å². The van der Waals surface area contributed by atoms with E-state index in [-0.39, 0.29) is 12.4 Å². The van der Waals surface area contributed by atoms with E-state index in [1.54, 1.807) is 12.1 Å². The third kappa shape index (κ3) is 3.03. The van der Waals surface area contributed by atoms with E-state index in [0.717, 1.165) is 11.1 Å². The molecule has 0 N–H and O–H groups in total. The first kappa shape index (κ1) is 13.2. The van der Waals surface area contributed by atoms with E-state index in [9.17, 15) is 4.79 Å². The summed E-state index contributed by atoms with van der Waals surface area (Å²) in [5.74, 6) is 0.818. The molecule has 0 radical (unpaired) electrons. The number of ether oxygens (including phenoxy) is 1. The van der Waals surface area contributed by atoms with Gasteiger partial charge in [0.05, 0.1) is 6.26 Å². The van der Waals surface area contributed by atoms with Crippen molar-refractivity contribution in [3.8, 4) is 16.9 Å². The Morgan fingerprint density at radius 2 is 1.67 bits per heavy atom. The number of ketones is 1. The van der Waals surface area contributed by atoms with Crippen molar-refractivity contribution in [2.45, 2.75) is 0 Å². The van der Waals surface area contributed by atoms with Gasteiger partial charge in [0.1, 0.15) is 5.75 Å². The quantitative estimate of drug-likeness (QED) is 0.656. The van der Waals surface area contributed by atoms with Crippen LogP contribution in [0.25, 0.3) is 11.1 Å². The van der Waals surface area contributed by atoms with Crippen LogP contribution >= 0.6 is 0 Å². The summed E-state index contributed by atoms with van der Waals surface area (Å²) in [6, 6.07) is 20.9. The number of rotatable bonds is 5. The Morgan fingerprint density at radius 3 is 2.43 bits per heavy atom. The van der Waals surface area contributed by atoms with E-state index < -0.39 is 0 Å². The number of benzene rings is 2. The van der Waals surface area contributed by atoms with Crippen LogP contribution in [0, 0.1) is 0 Å². The van der Waals surface area contributed by atoms with Crippen molar-refractivity contribution in [2.75, 3.05) is 6.61 Å². The zero-order chi connectivity index (χ0) is 14.5. The van der Waals surface area contributed by atoms with Gasteiger partial charge in [0.15, 0.2) is 12.4 Å². The van der Waals surface area contributed by atoms with Crippen LogP contribution in [-0.4, -0.2) is 12.4 Å². The fourth-order valence-electron chi connectivity index (χ4n) is 2.10. The van der Waals surface area contributed by atoms with E-state index in [4.69, 9.17) is 9.15 Å². The minimum atomic E-state index is -0.178. The highest BCUT2D eigenvalue weighted by Crippen LogP contribution is 2.29. The molecule has 0 spiro atoms. The second-order valence-corrected chi connectivity index (χ2v) is 4.55. The summed E-state index contributed by atoms with van der Waals surface area (Å²) in [5, 5.41) is 0. The molecular formula is C18H14O3. The maximum absolute atomic E-state index is 11.9. The lowest BCUT2D eigenvalue weighted by atomic mass is 10.1. The summed E-state index contributed by atoms with van der Waals surface area (Å²) >= 11 is 0. The molecule has 21 heavy (non-hydrogen) atoms. The Hall–Kier alpha value is -2.81. The monoisotopic (exact) mass is 278 g/mol. The summed E-state index contributed by atoms with van der Waals surface area (Å²) in [4.78, 5) is 11.9. The van der Waals surface area contributed by atoms with Crippen LogP contribution in [0.5, 0.6) is 5.75 Å². The molecule has 0 aliphatic carbocycles. The fourth-order valence-corrected chi connectivity index (χ4v) is 2.10. The number of furan rings is 1. The molecule has 0 amide bonds. The van der Waals surface area contributed by atoms with E-state index in [2.05, 4.69) is 0 Å². The fraction of sp³-hybridized carbons (Fsp3) is 0.0556. The second kappa shape index (κ2) is 6.09. The molecule has 0 saturated carbocycles. The van der Waals surface area contributed by atoms with Crippen LogP contribution in [0.4, 0.5) is 0 Å². The zero-order valence-electron chi connectivity index (χ0n) is 11.4. The van der Waals surface area contributed by atoms with Crippen molar-refractivity contribution in [1.82, 2.24) is 0 Å². The molecule has 3 heteroatoms. The van der Waals surface area contributed by atoms with Crippen LogP contribution in [0.15, 0.2) is 77.4 Å². The summed E-state index contributed by atoms with van der Waals surface area (Å²) in [6.45, 7) is -0.0443. The molecule has 1 heterocycles. The Labute approximate surface area is 122 Å². The number of carbonyl (C=O) groups is 1. The molecule has 1 aromatic heterocycles. The molecule has 2 aromatic carbocycles. The first-order valence-electron chi connectivity index (χ1n) is 6.68. The average molecular weight is 278 g/mol. The topological polar surface area (TPSA) is 39.4 Å². The van der Waals surface area contributed by atoms with Gasteiger partial charge in [0.25, 0.3) is 0 Å². The predicted molar refractivity (Wildman–Crippen MR) is 80.4 cm³/mol. The van der Waals surface area contributed by atoms with E-state index in [1.165, 1.54) is 6.26 Å². The normalized spacial score (nSPS) is 10.3. The zero-order valence-corrected chi connectivity index (χ0v) is 11.4. The number of Topliss-reactive ketones (excluding diaryl/α,β-unsaturated/α-hetero) is 1. The van der Waals surface area contributed by atoms with Gasteiger partial charge in [-0.3, -0.25) is 4.79 Å². The van der Waals surface area contributed by atoms with Gasteiger partial charge >= 0.3 is 0 Å². The molecule has 0 bridgehead atoms. The summed E-state index contributed by atoms with van der Waals surface area (Å²) in [5.41, 5.74) is 2.02. The molecule has 0 atom stereocenters. The lowest BCUT2D eigenvalue weighted by Crippen LogP contribution is -2.11. The van der Waals surface area contributed by atoms with Crippen LogP contribution in [0.1, 0.15) is 10.6 Å². The van der Waals surface area contributed by atoms with E-state index in [0.29, 0.717) is 11.5 Å². The first-order valence-corrected chi connectivity index (χ1v) is 6.68. The van der Waals surface area contributed by atoms with Crippen molar-refractivity contribution >= 4 is 5.78 Å². The molecule has 0 aliphatic rings. The lowest BCUT2D eigenvalue weighted by molar-refractivity contribution is 0.0894. The Morgan fingerprint density at radius 1 is 0.905 bits per heavy atom. The molecule has 0 unspecified atom stereocenters. The Kier molecular flexibility index (Phi) is 3.83. The summed E-state index contributed by atoms with van der Waals surface area (Å²) in [6.07, 6.45) is 1.48. The molecule has 3 rings (SSSR count). The maximum atomic E-state index is 11.9. The number of hydrogen-bond donors (Lipinski definition) is 0. The average Bonchev–Trinajstić information content (AvgIpc) is 3.08. The second-order valence-electron chi connectivity index (χ2n) is 4.55. The number of para-hydroxylation sites is 1. The van der Waals surface area contributed by atoms with Gasteiger partial charge in [0.2, 0.25) is 5.78 Å². The van der Waals surface area contributed by atoms with Gasteiger partial charge in [-0.25, -0.2) is 0 Å². The van der Waals surface area contributed by atoms with Crippen molar-refractivity contribution < 1.29 is 13.9 Å². The minimum absolute atomic E-state index is 0.0443. The largest absolute Gasteiger partial charge is 0.485 e. The summed E-state index contributed by atoms with van der Waals surface area (Å²) < 4.78 is 10.7. The Balaban J connectivity index is 1.79. The van der Waals surface area contributed by atoms with Gasteiger partial charge in [-0.05, 0) is 23.8 Å². The highest BCUT2D eigenvalue weighted by atomic mass is 16.5. The SMILES string of the molecule is O=C(COc1ccccc1-c1ccccc1)c1ccco1. The van der Waals surface area contributed by atoms with Crippen molar-refractivity contribution in [2.24, 2.45) is 0 Å². The van der Waals surface area contributed by atoms with Crippen LogP contribution in [0.3, 0.4) is 0 Å². The molecule has 0 fully saturated rings. The predicted octanol–water partition coefficient (Wildman–Crippen LogP) is 4.21. The third-order valence-electron chi connectivity index (χ3n) is 3.13. The first-order chi connectivity index (χ1) is 10.3. The van der Waals surface area contributed by atoms with Crippen LogP contribution in [-0.2, 0) is 0 Å². The number of carbonyl (C=O) groups excluding carboxylic acids is 1. The third-order valence-corrected chi connectivity index (χ3v) is 3.13. The maximum Gasteiger partial charge on any atom is 0.235 e. The highest BCUT2D eigenvalue weighted by Gasteiger charge is 2.11. The lowest BCUT2D eigenvalue weighted by Gasteiger charge is -2.10. The van der Waals surface area contributed by atoms with Crippen molar-refractivity contribution in [3.63, 3.8) is 0 Å². The van der Waals surface area contributed by atoms with Crippen molar-refractivity contribution in [1.29, 1.82) is 0 Å². The van der Waals surface area contributed by atoms with E-state index >= 15 is 0 Å². The molecular weight excluding hydrogens is 264 g/mol. The van der Waals surface area contributed by atoms with Crippen molar-refractivity contribution in [3.05, 3.63) is 78.8 Å². The molecule has 0 aliphatic heterocycles. The van der Waals surface area contributed by atoms with Gasteiger partial charge in [-0.15, -0.1) is 0 Å². The van der Waals surface area contributed by atoms with Crippen LogP contribution in [0.2, 0.25) is 0 Å². The molecule has 3 nitrogen and oxygen atoms in total. The minimum Gasteiger partial charge on any atom is -0.485 e. The molecule has 0 saturated heterocycles. The van der Waals surface area contributed by atoms with E-state index in [1.807, 2.05) is 54.6 Å². The highest BCUT2D eigenvalue weighted by molar-refractivity contribution is 5.94. The number of hydrogen-bond acceptors (Lipinski definition) is 3. The standard InChI is InChI=1S/C18H14O3/c19-16(18-11-6-12-20-18)13-21-17-10-5-4-9-15(17)14-7-2-1-3-8-14/h1-12H,13H2. The summed E-state index contributed by atoms with van der Waals surface area (Å²) in [7, 11) is 0. The molecule has 3 aromatic rings. The smallest absolute Gasteiger partial charge is 0.235 e. The molecule has 104 valence electrons. The van der Waals surface area contributed by atoms with Gasteiger partial charge < -0.3 is 9.15 Å².